The highest BCUT2D eigenvalue weighted by Gasteiger charge is 2.21. The number of imidazole rings is 1. The number of hydrogen-bond acceptors (Lipinski definition) is 8. The molecule has 0 saturated carbocycles. The molecule has 0 fully saturated rings. The number of carbonyl (C=O) groups excluding carboxylic acids is 1. The van der Waals surface area contributed by atoms with Crippen molar-refractivity contribution in [1.29, 1.82) is 5.26 Å². The molecule has 0 unspecified atom stereocenters. The molecule has 2 aromatic heterocycles. The summed E-state index contributed by atoms with van der Waals surface area (Å²) in [5.41, 5.74) is 1.68. The molecule has 190 valence electrons. The van der Waals surface area contributed by atoms with E-state index < -0.39 is 12.5 Å². The van der Waals surface area contributed by atoms with Gasteiger partial charge >= 0.3 is 6.61 Å². The maximum atomic E-state index is 13.2. The predicted molar refractivity (Wildman–Crippen MR) is 132 cm³/mol. The lowest BCUT2D eigenvalue weighted by molar-refractivity contribution is -0.0494. The summed E-state index contributed by atoms with van der Waals surface area (Å²) < 4.78 is 43.1. The summed E-state index contributed by atoms with van der Waals surface area (Å²) in [4.78, 5) is 23.6. The first-order valence-electron chi connectivity index (χ1n) is 10.8. The van der Waals surface area contributed by atoms with Gasteiger partial charge in [0.1, 0.15) is 22.8 Å². The van der Waals surface area contributed by atoms with E-state index in [4.69, 9.17) is 14.7 Å². The van der Waals surface area contributed by atoms with E-state index in [0.717, 1.165) is 0 Å². The molecule has 0 bridgehead atoms. The Kier molecular flexibility index (Phi) is 7.06. The van der Waals surface area contributed by atoms with E-state index in [9.17, 15) is 13.6 Å². The van der Waals surface area contributed by atoms with Crippen molar-refractivity contribution < 1.29 is 27.8 Å². The first-order chi connectivity index (χ1) is 17.7. The number of rotatable bonds is 8. The van der Waals surface area contributed by atoms with Crippen molar-refractivity contribution in [1.82, 2.24) is 14.5 Å². The Morgan fingerprint density at radius 2 is 1.92 bits per heavy atom. The molecule has 2 heterocycles. The number of alkyl halides is 2. The van der Waals surface area contributed by atoms with E-state index in [1.54, 1.807) is 49.3 Å². The lowest BCUT2D eigenvalue weighted by atomic mass is 10.1. The van der Waals surface area contributed by atoms with E-state index in [1.807, 2.05) is 6.07 Å². The Bertz CT molecular complexity index is 1520. The Labute approximate surface area is 210 Å². The fourth-order valence-corrected chi connectivity index (χ4v) is 3.71. The highest BCUT2D eigenvalue weighted by atomic mass is 19.3. The van der Waals surface area contributed by atoms with Gasteiger partial charge < -0.3 is 29.0 Å². The zero-order valence-electron chi connectivity index (χ0n) is 20.3. The molecule has 10 nitrogen and oxygen atoms in total. The van der Waals surface area contributed by atoms with Crippen LogP contribution in [0.15, 0.2) is 48.8 Å². The second kappa shape index (κ2) is 10.4. The molecule has 0 aliphatic rings. The van der Waals surface area contributed by atoms with Crippen LogP contribution in [-0.4, -0.2) is 48.3 Å². The minimum atomic E-state index is -3.09. The summed E-state index contributed by atoms with van der Waals surface area (Å²) in [6.07, 6.45) is 1.56. The molecule has 0 aliphatic carbocycles. The SMILES string of the molecule is COc1ccc(C(=O)Nc2nc(N(C)c3ccc(C#N)cc3OC(F)F)cc3c2ncn3C)c(OC)c1. The van der Waals surface area contributed by atoms with Gasteiger partial charge in [-0.15, -0.1) is 0 Å². The molecule has 0 aliphatic heterocycles. The predicted octanol–water partition coefficient (Wildman–Crippen LogP) is 4.48. The zero-order valence-corrected chi connectivity index (χ0v) is 20.3. The van der Waals surface area contributed by atoms with E-state index in [-0.39, 0.29) is 28.4 Å². The van der Waals surface area contributed by atoms with Gasteiger partial charge in [-0.2, -0.15) is 14.0 Å². The second-order valence-electron chi connectivity index (χ2n) is 7.80. The van der Waals surface area contributed by atoms with Gasteiger partial charge in [-0.1, -0.05) is 0 Å². The molecule has 4 aromatic rings. The maximum absolute atomic E-state index is 13.2. The summed E-state index contributed by atoms with van der Waals surface area (Å²) >= 11 is 0. The van der Waals surface area contributed by atoms with Crippen LogP contribution >= 0.6 is 0 Å². The van der Waals surface area contributed by atoms with Gasteiger partial charge in [-0.05, 0) is 24.3 Å². The summed E-state index contributed by atoms with van der Waals surface area (Å²) in [6, 6.07) is 12.5. The van der Waals surface area contributed by atoms with Gasteiger partial charge in [0.15, 0.2) is 11.6 Å². The number of methoxy groups -OCH3 is 2. The number of aryl methyl sites for hydroxylation is 1. The highest BCUT2D eigenvalue weighted by Crippen LogP contribution is 2.36. The number of fused-ring (bicyclic) bond motifs is 1. The summed E-state index contributed by atoms with van der Waals surface area (Å²) in [6.45, 7) is -3.09. The Morgan fingerprint density at radius 1 is 1.14 bits per heavy atom. The van der Waals surface area contributed by atoms with Crippen LogP contribution in [0.25, 0.3) is 11.0 Å². The van der Waals surface area contributed by atoms with Crippen LogP contribution in [0.5, 0.6) is 17.2 Å². The number of halogens is 2. The monoisotopic (exact) mass is 508 g/mol. The fourth-order valence-electron chi connectivity index (χ4n) is 3.71. The first kappa shape index (κ1) is 25.2. The van der Waals surface area contributed by atoms with E-state index in [1.165, 1.54) is 37.3 Å². The van der Waals surface area contributed by atoms with Gasteiger partial charge in [0.05, 0.1) is 48.9 Å². The Balaban J connectivity index is 1.77. The van der Waals surface area contributed by atoms with Crippen LogP contribution in [0.2, 0.25) is 0 Å². The second-order valence-corrected chi connectivity index (χ2v) is 7.80. The highest BCUT2D eigenvalue weighted by molar-refractivity contribution is 6.09. The van der Waals surface area contributed by atoms with Gasteiger partial charge in [0.25, 0.3) is 5.91 Å². The molecule has 0 radical (unpaired) electrons. The number of anilines is 3. The van der Waals surface area contributed by atoms with Crippen LogP contribution in [0.1, 0.15) is 15.9 Å². The van der Waals surface area contributed by atoms with Gasteiger partial charge in [0.2, 0.25) is 0 Å². The van der Waals surface area contributed by atoms with Crippen molar-refractivity contribution in [3.05, 3.63) is 59.9 Å². The van der Waals surface area contributed by atoms with Crippen molar-refractivity contribution in [2.45, 2.75) is 6.61 Å². The number of amides is 1. The zero-order chi connectivity index (χ0) is 26.7. The fraction of sp³-hybridized carbons (Fsp3) is 0.200. The summed E-state index contributed by atoms with van der Waals surface area (Å²) in [7, 11) is 6.31. The third kappa shape index (κ3) is 5.06. The lowest BCUT2D eigenvalue weighted by Crippen LogP contribution is -2.18. The largest absolute Gasteiger partial charge is 0.497 e. The maximum Gasteiger partial charge on any atom is 0.387 e. The minimum absolute atomic E-state index is 0.146. The molecule has 37 heavy (non-hydrogen) atoms. The van der Waals surface area contributed by atoms with Crippen LogP contribution in [0, 0.1) is 11.3 Å². The number of nitrogens with one attached hydrogen (secondary N) is 1. The average molecular weight is 508 g/mol. The van der Waals surface area contributed by atoms with Crippen LogP contribution in [-0.2, 0) is 7.05 Å². The first-order valence-corrected chi connectivity index (χ1v) is 10.8. The lowest BCUT2D eigenvalue weighted by Gasteiger charge is -2.22. The van der Waals surface area contributed by atoms with Crippen LogP contribution < -0.4 is 24.4 Å². The van der Waals surface area contributed by atoms with Gasteiger partial charge in [-0.25, -0.2) is 9.97 Å². The normalized spacial score (nSPS) is 10.8. The molecule has 12 heteroatoms. The number of ether oxygens (including phenoxy) is 3. The standard InChI is InChI=1S/C25H22F2N6O4/c1-32-13-29-22-18(32)11-21(33(2)17-8-5-14(12-28)9-20(17)37-25(26)27)30-23(22)31-24(34)16-7-6-15(35-3)10-19(16)36-4/h5-11,13,25H,1-4H3,(H,30,31,34). The van der Waals surface area contributed by atoms with Crippen molar-refractivity contribution in [3.63, 3.8) is 0 Å². The number of hydrogen-bond donors (Lipinski definition) is 1. The molecule has 0 saturated heterocycles. The Morgan fingerprint density at radius 3 is 2.59 bits per heavy atom. The van der Waals surface area contributed by atoms with Crippen molar-refractivity contribution >= 4 is 34.3 Å². The third-order valence-electron chi connectivity index (χ3n) is 5.59. The molecule has 2 aromatic carbocycles. The van der Waals surface area contributed by atoms with Crippen molar-refractivity contribution in [3.8, 4) is 23.3 Å². The topological polar surface area (TPSA) is 115 Å². The number of nitriles is 1. The van der Waals surface area contributed by atoms with E-state index in [2.05, 4.69) is 20.0 Å². The Hall–Kier alpha value is -4.92. The quantitative estimate of drug-likeness (QED) is 0.371. The van der Waals surface area contributed by atoms with Crippen LogP contribution in [0.3, 0.4) is 0 Å². The number of pyridine rings is 1. The van der Waals surface area contributed by atoms with E-state index in [0.29, 0.717) is 28.4 Å². The molecular weight excluding hydrogens is 486 g/mol. The molecule has 1 N–H and O–H groups in total. The molecule has 0 spiro atoms. The summed E-state index contributed by atoms with van der Waals surface area (Å²) in [5.74, 6) is 0.570. The molecular formula is C25H22F2N6O4. The van der Waals surface area contributed by atoms with Crippen LogP contribution in [0.4, 0.5) is 26.1 Å². The third-order valence-corrected chi connectivity index (χ3v) is 5.59. The average Bonchev–Trinajstić information content (AvgIpc) is 3.28. The molecule has 4 rings (SSSR count). The smallest absolute Gasteiger partial charge is 0.387 e. The number of carbonyl (C=O) groups is 1. The molecule has 0 atom stereocenters. The van der Waals surface area contributed by atoms with E-state index >= 15 is 0 Å². The number of aromatic nitrogens is 3. The summed E-state index contributed by atoms with van der Waals surface area (Å²) in [5, 5.41) is 11.9. The number of nitrogens with zero attached hydrogens (tertiary/aromatic N) is 5. The minimum Gasteiger partial charge on any atom is -0.497 e. The molecule has 1 amide bonds. The number of benzene rings is 2. The van der Waals surface area contributed by atoms with Crippen molar-refractivity contribution in [2.24, 2.45) is 7.05 Å². The van der Waals surface area contributed by atoms with Gasteiger partial charge in [-0.3, -0.25) is 4.79 Å². The van der Waals surface area contributed by atoms with Crippen molar-refractivity contribution in [2.75, 3.05) is 31.5 Å². The van der Waals surface area contributed by atoms with Gasteiger partial charge in [0, 0.05) is 32.3 Å².